The number of carbonyl (C=O) groups excluding carboxylic acids is 2. The van der Waals surface area contributed by atoms with Gasteiger partial charge in [0.05, 0.1) is 16.8 Å². The Morgan fingerprint density at radius 2 is 1.75 bits per heavy atom. The van der Waals surface area contributed by atoms with E-state index in [1.54, 1.807) is 0 Å². The summed E-state index contributed by atoms with van der Waals surface area (Å²) in [5.41, 5.74) is 11.2. The Labute approximate surface area is 191 Å². The average molecular weight is 446 g/mol. The second kappa shape index (κ2) is 8.40. The van der Waals surface area contributed by atoms with Crippen LogP contribution in [0.15, 0.2) is 48.5 Å². The molecule has 6 heteroatoms. The number of primary amides is 1. The lowest BCUT2D eigenvalue weighted by Crippen LogP contribution is -2.42. The molecule has 2 aliphatic rings. The van der Waals surface area contributed by atoms with Crippen molar-refractivity contribution in [3.05, 3.63) is 75.9 Å². The first kappa shape index (κ1) is 20.7. The number of carbonyl (C=O) groups is 2. The molecule has 2 aromatic carbocycles. The fraction of sp³-hybridized carbons (Fsp3) is 0.269. The molecule has 1 aliphatic heterocycles. The van der Waals surface area contributed by atoms with E-state index in [0.717, 1.165) is 51.7 Å². The van der Waals surface area contributed by atoms with Gasteiger partial charge in [0.2, 0.25) is 5.91 Å². The molecule has 0 saturated carbocycles. The van der Waals surface area contributed by atoms with Gasteiger partial charge in [-0.3, -0.25) is 9.59 Å². The van der Waals surface area contributed by atoms with Crippen LogP contribution in [0.25, 0.3) is 22.6 Å². The first-order valence-electron chi connectivity index (χ1n) is 11.0. The van der Waals surface area contributed by atoms with Gasteiger partial charge in [0.1, 0.15) is 0 Å². The van der Waals surface area contributed by atoms with Crippen molar-refractivity contribution in [2.45, 2.75) is 25.7 Å². The number of hydrogen-bond acceptors (Lipinski definition) is 3. The van der Waals surface area contributed by atoms with Gasteiger partial charge < -0.3 is 10.6 Å². The normalized spacial score (nSPS) is 17.7. The Bertz CT molecular complexity index is 1240. The molecule has 1 aromatic heterocycles. The number of para-hydroxylation sites is 1. The lowest BCUT2D eigenvalue weighted by atomic mass is 9.94. The molecular formula is C26H24ClN3O2. The molecule has 5 nitrogen and oxygen atoms in total. The highest BCUT2D eigenvalue weighted by Crippen LogP contribution is 2.38. The van der Waals surface area contributed by atoms with Gasteiger partial charge in [0, 0.05) is 29.4 Å². The maximum absolute atomic E-state index is 13.7. The molecule has 2 heterocycles. The van der Waals surface area contributed by atoms with Crippen LogP contribution < -0.4 is 5.73 Å². The van der Waals surface area contributed by atoms with Crippen LogP contribution in [0.1, 0.15) is 46.4 Å². The van der Waals surface area contributed by atoms with Crippen molar-refractivity contribution in [1.29, 1.82) is 0 Å². The second-order valence-corrected chi connectivity index (χ2v) is 8.96. The molecule has 32 heavy (non-hydrogen) atoms. The number of fused-ring (bicyclic) bond motifs is 2. The zero-order chi connectivity index (χ0) is 22.2. The lowest BCUT2D eigenvalue weighted by Gasteiger charge is -2.31. The largest absolute Gasteiger partial charge is 0.369 e. The molecular weight excluding hydrogens is 422 g/mol. The summed E-state index contributed by atoms with van der Waals surface area (Å²) in [6.07, 6.45) is 5.00. The predicted octanol–water partition coefficient (Wildman–Crippen LogP) is 4.71. The molecule has 0 spiro atoms. The summed E-state index contributed by atoms with van der Waals surface area (Å²) in [6, 6.07) is 15.6. The van der Waals surface area contributed by atoms with Crippen LogP contribution in [0.5, 0.6) is 0 Å². The molecule has 2 N–H and O–H groups in total. The number of amides is 2. The van der Waals surface area contributed by atoms with Crippen LogP contribution in [-0.4, -0.2) is 34.8 Å². The molecule has 1 saturated heterocycles. The first-order chi connectivity index (χ1) is 15.5. The van der Waals surface area contributed by atoms with Crippen molar-refractivity contribution in [3.63, 3.8) is 0 Å². The van der Waals surface area contributed by atoms with Crippen LogP contribution in [0.2, 0.25) is 5.02 Å². The maximum Gasteiger partial charge on any atom is 0.254 e. The highest BCUT2D eigenvalue weighted by atomic mass is 35.5. The zero-order valence-corrected chi connectivity index (χ0v) is 18.4. The molecule has 2 amide bonds. The van der Waals surface area contributed by atoms with E-state index in [2.05, 4.69) is 6.08 Å². The van der Waals surface area contributed by atoms with Gasteiger partial charge in [-0.25, -0.2) is 4.98 Å². The number of allylic oxidation sites excluding steroid dienone is 1. The Kier molecular flexibility index (Phi) is 5.43. The third-order valence-electron chi connectivity index (χ3n) is 6.55. The quantitative estimate of drug-likeness (QED) is 0.634. The van der Waals surface area contributed by atoms with Gasteiger partial charge in [-0.1, -0.05) is 41.9 Å². The minimum absolute atomic E-state index is 0.0236. The van der Waals surface area contributed by atoms with Crippen molar-refractivity contribution in [2.24, 2.45) is 11.7 Å². The molecule has 0 bridgehead atoms. The van der Waals surface area contributed by atoms with Gasteiger partial charge in [0.15, 0.2) is 0 Å². The third-order valence-corrected chi connectivity index (χ3v) is 6.80. The van der Waals surface area contributed by atoms with E-state index < -0.39 is 0 Å². The molecule has 5 rings (SSSR count). The summed E-state index contributed by atoms with van der Waals surface area (Å²) in [4.78, 5) is 32.0. The molecule has 0 atom stereocenters. The molecule has 0 unspecified atom stereocenters. The van der Waals surface area contributed by atoms with Crippen LogP contribution in [0.4, 0.5) is 0 Å². The SMILES string of the molecule is NC(=O)C1CCN(C(=O)c2c3c(nc4ccccc24)/C(=C/c2ccc(Cl)cc2)CC3)CC1. The van der Waals surface area contributed by atoms with Crippen LogP contribution in [-0.2, 0) is 11.2 Å². The van der Waals surface area contributed by atoms with Crippen LogP contribution in [0.3, 0.4) is 0 Å². The average Bonchev–Trinajstić information content (AvgIpc) is 3.20. The van der Waals surface area contributed by atoms with E-state index in [4.69, 9.17) is 22.3 Å². The van der Waals surface area contributed by atoms with Crippen molar-refractivity contribution in [3.8, 4) is 0 Å². The second-order valence-electron chi connectivity index (χ2n) is 8.52. The molecule has 3 aromatic rings. The Balaban J connectivity index is 1.56. The lowest BCUT2D eigenvalue weighted by molar-refractivity contribution is -0.123. The maximum atomic E-state index is 13.7. The minimum Gasteiger partial charge on any atom is -0.369 e. The number of nitrogens with zero attached hydrogens (tertiary/aromatic N) is 2. The van der Waals surface area contributed by atoms with E-state index in [1.165, 1.54) is 0 Å². The standard InChI is InChI=1S/C26H24ClN3O2/c27-19-8-5-16(6-9-19)15-18-7-10-21-23(20-3-1-2-4-22(20)29-24(18)21)26(32)30-13-11-17(12-14-30)25(28)31/h1-6,8-9,15,17H,7,10-14H2,(H2,28,31)/b18-15+. The smallest absolute Gasteiger partial charge is 0.254 e. The summed E-state index contributed by atoms with van der Waals surface area (Å²) in [7, 11) is 0. The van der Waals surface area contributed by atoms with Gasteiger partial charge in [-0.05, 0) is 66.7 Å². The molecule has 0 radical (unpaired) electrons. The number of aromatic nitrogens is 1. The number of benzene rings is 2. The fourth-order valence-corrected chi connectivity index (χ4v) is 4.93. The summed E-state index contributed by atoms with van der Waals surface area (Å²) in [5.74, 6) is -0.396. The van der Waals surface area contributed by atoms with Gasteiger partial charge in [-0.15, -0.1) is 0 Å². The van der Waals surface area contributed by atoms with E-state index in [-0.39, 0.29) is 17.7 Å². The number of rotatable bonds is 3. The summed E-state index contributed by atoms with van der Waals surface area (Å²) in [6.45, 7) is 1.09. The highest BCUT2D eigenvalue weighted by Gasteiger charge is 2.31. The molecule has 1 aliphatic carbocycles. The minimum atomic E-state index is -0.274. The van der Waals surface area contributed by atoms with Gasteiger partial charge in [0.25, 0.3) is 5.91 Å². The van der Waals surface area contributed by atoms with Crippen LogP contribution in [0, 0.1) is 5.92 Å². The van der Waals surface area contributed by atoms with Crippen molar-refractivity contribution in [2.75, 3.05) is 13.1 Å². The summed E-state index contributed by atoms with van der Waals surface area (Å²) >= 11 is 6.03. The van der Waals surface area contributed by atoms with E-state index in [1.807, 2.05) is 53.4 Å². The third kappa shape index (κ3) is 3.78. The van der Waals surface area contributed by atoms with Crippen molar-refractivity contribution in [1.82, 2.24) is 9.88 Å². The Morgan fingerprint density at radius 3 is 2.47 bits per heavy atom. The number of hydrogen-bond donors (Lipinski definition) is 1. The van der Waals surface area contributed by atoms with Gasteiger partial charge in [-0.2, -0.15) is 0 Å². The number of pyridine rings is 1. The Hall–Kier alpha value is -3.18. The zero-order valence-electron chi connectivity index (χ0n) is 17.7. The van der Waals surface area contributed by atoms with E-state index >= 15 is 0 Å². The monoisotopic (exact) mass is 445 g/mol. The molecule has 1 fully saturated rings. The van der Waals surface area contributed by atoms with Crippen LogP contribution >= 0.6 is 11.6 Å². The highest BCUT2D eigenvalue weighted by molar-refractivity contribution is 6.30. The summed E-state index contributed by atoms with van der Waals surface area (Å²) < 4.78 is 0. The number of nitrogens with two attached hydrogens (primary N) is 1. The van der Waals surface area contributed by atoms with Crippen molar-refractivity contribution >= 4 is 46.0 Å². The first-order valence-corrected chi connectivity index (χ1v) is 11.4. The fourth-order valence-electron chi connectivity index (χ4n) is 4.81. The van der Waals surface area contributed by atoms with E-state index in [9.17, 15) is 9.59 Å². The predicted molar refractivity (Wildman–Crippen MR) is 127 cm³/mol. The number of piperidine rings is 1. The topological polar surface area (TPSA) is 76.3 Å². The van der Waals surface area contributed by atoms with E-state index in [0.29, 0.717) is 31.0 Å². The van der Waals surface area contributed by atoms with Crippen molar-refractivity contribution < 1.29 is 9.59 Å². The number of halogens is 1. The summed E-state index contributed by atoms with van der Waals surface area (Å²) in [5, 5.41) is 1.59. The Morgan fingerprint density at radius 1 is 1.03 bits per heavy atom. The molecule has 162 valence electrons. The number of likely N-dealkylation sites (tertiary alicyclic amines) is 1. The van der Waals surface area contributed by atoms with Gasteiger partial charge >= 0.3 is 0 Å².